The Kier molecular flexibility index (Phi) is 3.03. The maximum Gasteiger partial charge on any atom is 0.243 e. The van der Waals surface area contributed by atoms with Gasteiger partial charge in [-0.3, -0.25) is 0 Å². The van der Waals surface area contributed by atoms with Crippen molar-refractivity contribution < 1.29 is 4.39 Å². The van der Waals surface area contributed by atoms with Gasteiger partial charge in [-0.25, -0.2) is 8.91 Å². The first-order chi connectivity index (χ1) is 7.72. The van der Waals surface area contributed by atoms with E-state index in [4.69, 9.17) is 0 Å². The van der Waals surface area contributed by atoms with Crippen LogP contribution in [0.1, 0.15) is 26.7 Å². The summed E-state index contributed by atoms with van der Waals surface area (Å²) >= 11 is 0. The zero-order valence-electron chi connectivity index (χ0n) is 9.44. The van der Waals surface area contributed by atoms with E-state index < -0.39 is 0 Å². The summed E-state index contributed by atoms with van der Waals surface area (Å²) in [6.45, 7) is 4.22. The highest BCUT2D eigenvalue weighted by Gasteiger charge is 2.08. The molecular weight excluding hydrogens is 207 g/mol. The minimum Gasteiger partial charge on any atom is -0.350 e. The lowest BCUT2D eigenvalue weighted by Crippen LogP contribution is -2.17. The Morgan fingerprint density at radius 1 is 1.38 bits per heavy atom. The average molecular weight is 222 g/mol. The van der Waals surface area contributed by atoms with Crippen LogP contribution in [0.15, 0.2) is 18.3 Å². The van der Waals surface area contributed by atoms with E-state index in [2.05, 4.69) is 29.2 Å². The van der Waals surface area contributed by atoms with Gasteiger partial charge in [0, 0.05) is 6.04 Å². The van der Waals surface area contributed by atoms with Crippen molar-refractivity contribution in [2.24, 2.45) is 0 Å². The van der Waals surface area contributed by atoms with E-state index >= 15 is 0 Å². The standard InChI is InChI=1S/C11H15FN4/c1-3-9(4-2)13-11-14-10-6-5-8(12)7-16(10)15-11/h5-7,9H,3-4H2,1-2H3,(H,13,15). The maximum absolute atomic E-state index is 12.9. The number of hydrogen-bond acceptors (Lipinski definition) is 3. The third kappa shape index (κ3) is 2.13. The number of nitrogens with zero attached hydrogens (tertiary/aromatic N) is 3. The number of aromatic nitrogens is 3. The molecule has 0 bridgehead atoms. The van der Waals surface area contributed by atoms with Crippen LogP contribution in [-0.4, -0.2) is 20.6 Å². The molecule has 2 heterocycles. The topological polar surface area (TPSA) is 42.2 Å². The second-order valence-corrected chi connectivity index (χ2v) is 3.74. The van der Waals surface area contributed by atoms with Crippen molar-refractivity contribution in [3.63, 3.8) is 0 Å². The van der Waals surface area contributed by atoms with E-state index in [0.29, 0.717) is 17.6 Å². The fourth-order valence-corrected chi connectivity index (χ4v) is 1.59. The summed E-state index contributed by atoms with van der Waals surface area (Å²) in [5.74, 6) is 0.241. The molecule has 5 heteroatoms. The summed E-state index contributed by atoms with van der Waals surface area (Å²) < 4.78 is 14.4. The molecule has 0 unspecified atom stereocenters. The van der Waals surface area contributed by atoms with Crippen molar-refractivity contribution in [3.05, 3.63) is 24.1 Å². The van der Waals surface area contributed by atoms with Crippen molar-refractivity contribution in [2.45, 2.75) is 32.7 Å². The number of halogens is 1. The van der Waals surface area contributed by atoms with Crippen LogP contribution in [-0.2, 0) is 0 Å². The van der Waals surface area contributed by atoms with Gasteiger partial charge in [0.1, 0.15) is 5.82 Å². The first kappa shape index (κ1) is 10.9. The van der Waals surface area contributed by atoms with Gasteiger partial charge in [0.25, 0.3) is 0 Å². The molecular formula is C11H15FN4. The minimum atomic E-state index is -0.313. The Balaban J connectivity index is 2.25. The van der Waals surface area contributed by atoms with Gasteiger partial charge in [0.15, 0.2) is 5.65 Å². The molecule has 0 aromatic carbocycles. The van der Waals surface area contributed by atoms with Crippen LogP contribution in [0.4, 0.5) is 10.3 Å². The van der Waals surface area contributed by atoms with E-state index in [1.165, 1.54) is 16.8 Å². The Hall–Kier alpha value is -1.65. The Morgan fingerprint density at radius 2 is 2.12 bits per heavy atom. The lowest BCUT2D eigenvalue weighted by molar-refractivity contribution is 0.614. The molecule has 1 N–H and O–H groups in total. The predicted molar refractivity (Wildman–Crippen MR) is 60.9 cm³/mol. The molecule has 2 aromatic rings. The number of pyridine rings is 1. The summed E-state index contributed by atoms with van der Waals surface area (Å²) in [7, 11) is 0. The molecule has 0 aliphatic rings. The molecule has 0 saturated carbocycles. The molecule has 0 fully saturated rings. The van der Waals surface area contributed by atoms with Crippen molar-refractivity contribution in [1.82, 2.24) is 14.6 Å². The molecule has 0 aliphatic heterocycles. The molecule has 0 radical (unpaired) electrons. The zero-order valence-corrected chi connectivity index (χ0v) is 9.44. The second-order valence-electron chi connectivity index (χ2n) is 3.74. The summed E-state index contributed by atoms with van der Waals surface area (Å²) in [5, 5.41) is 7.39. The van der Waals surface area contributed by atoms with Crippen LogP contribution in [0, 0.1) is 5.82 Å². The molecule has 2 rings (SSSR count). The van der Waals surface area contributed by atoms with Crippen LogP contribution >= 0.6 is 0 Å². The first-order valence-corrected chi connectivity index (χ1v) is 5.51. The highest BCUT2D eigenvalue weighted by Crippen LogP contribution is 2.10. The van der Waals surface area contributed by atoms with E-state index in [0.717, 1.165) is 12.8 Å². The fraction of sp³-hybridized carbons (Fsp3) is 0.455. The van der Waals surface area contributed by atoms with Gasteiger partial charge in [0.05, 0.1) is 6.20 Å². The monoisotopic (exact) mass is 222 g/mol. The van der Waals surface area contributed by atoms with Gasteiger partial charge in [-0.1, -0.05) is 13.8 Å². The highest BCUT2D eigenvalue weighted by atomic mass is 19.1. The summed E-state index contributed by atoms with van der Waals surface area (Å²) in [6, 6.07) is 3.35. The van der Waals surface area contributed by atoms with Crippen LogP contribution in [0.2, 0.25) is 0 Å². The number of hydrogen-bond donors (Lipinski definition) is 1. The van der Waals surface area contributed by atoms with Gasteiger partial charge in [-0.2, -0.15) is 4.98 Å². The molecule has 2 aromatic heterocycles. The zero-order chi connectivity index (χ0) is 11.5. The largest absolute Gasteiger partial charge is 0.350 e. The van der Waals surface area contributed by atoms with Crippen LogP contribution in [0.5, 0.6) is 0 Å². The number of nitrogens with one attached hydrogen (secondary N) is 1. The minimum absolute atomic E-state index is 0.313. The van der Waals surface area contributed by atoms with Gasteiger partial charge in [-0.05, 0) is 25.0 Å². The quantitative estimate of drug-likeness (QED) is 0.864. The second kappa shape index (κ2) is 4.47. The van der Waals surface area contributed by atoms with Gasteiger partial charge >= 0.3 is 0 Å². The average Bonchev–Trinajstić information content (AvgIpc) is 2.67. The third-order valence-corrected chi connectivity index (χ3v) is 2.61. The lowest BCUT2D eigenvalue weighted by atomic mass is 10.2. The predicted octanol–water partition coefficient (Wildman–Crippen LogP) is 2.47. The van der Waals surface area contributed by atoms with Gasteiger partial charge < -0.3 is 5.32 Å². The van der Waals surface area contributed by atoms with E-state index in [1.807, 2.05) is 0 Å². The molecule has 0 aliphatic carbocycles. The van der Waals surface area contributed by atoms with E-state index in [9.17, 15) is 4.39 Å². The SMILES string of the molecule is CCC(CC)Nc1nc2ccc(F)cn2n1. The summed E-state index contributed by atoms with van der Waals surface area (Å²) in [4.78, 5) is 4.26. The van der Waals surface area contributed by atoms with Crippen molar-refractivity contribution in [3.8, 4) is 0 Å². The molecule has 0 atom stereocenters. The normalized spacial score (nSPS) is 11.2. The van der Waals surface area contributed by atoms with Gasteiger partial charge in [0.2, 0.25) is 5.95 Å². The maximum atomic E-state index is 12.9. The Morgan fingerprint density at radius 3 is 2.81 bits per heavy atom. The molecule has 0 saturated heterocycles. The lowest BCUT2D eigenvalue weighted by Gasteiger charge is -2.11. The summed E-state index contributed by atoms with van der Waals surface area (Å²) in [6.07, 6.45) is 3.35. The number of fused-ring (bicyclic) bond motifs is 1. The molecule has 4 nitrogen and oxygen atoms in total. The molecule has 86 valence electrons. The van der Waals surface area contributed by atoms with E-state index in [1.54, 1.807) is 6.07 Å². The Bertz CT molecular complexity index is 476. The van der Waals surface area contributed by atoms with E-state index in [-0.39, 0.29) is 5.82 Å². The number of anilines is 1. The first-order valence-electron chi connectivity index (χ1n) is 5.51. The van der Waals surface area contributed by atoms with Crippen molar-refractivity contribution >= 4 is 11.6 Å². The highest BCUT2D eigenvalue weighted by molar-refractivity contribution is 5.43. The van der Waals surface area contributed by atoms with Crippen molar-refractivity contribution in [1.29, 1.82) is 0 Å². The number of rotatable bonds is 4. The smallest absolute Gasteiger partial charge is 0.243 e. The summed E-state index contributed by atoms with van der Waals surface area (Å²) in [5.41, 5.74) is 0.648. The Labute approximate surface area is 93.5 Å². The van der Waals surface area contributed by atoms with Crippen LogP contribution in [0.3, 0.4) is 0 Å². The van der Waals surface area contributed by atoms with Crippen LogP contribution in [0.25, 0.3) is 5.65 Å². The molecule has 16 heavy (non-hydrogen) atoms. The van der Waals surface area contributed by atoms with Gasteiger partial charge in [-0.15, -0.1) is 5.10 Å². The van der Waals surface area contributed by atoms with Crippen molar-refractivity contribution in [2.75, 3.05) is 5.32 Å². The fourth-order valence-electron chi connectivity index (χ4n) is 1.59. The third-order valence-electron chi connectivity index (χ3n) is 2.61. The van der Waals surface area contributed by atoms with Crippen LogP contribution < -0.4 is 5.32 Å². The molecule has 0 spiro atoms. The molecule has 0 amide bonds.